The van der Waals surface area contributed by atoms with Crippen molar-refractivity contribution in [2.24, 2.45) is 0 Å². The van der Waals surface area contributed by atoms with Gasteiger partial charge in [-0.15, -0.1) is 0 Å². The summed E-state index contributed by atoms with van der Waals surface area (Å²) in [5.41, 5.74) is 0.119. The SMILES string of the molecule is COCCCNC(=O)C(C)Oc1ccc(F)cc1C(C)=O. The summed E-state index contributed by atoms with van der Waals surface area (Å²) in [5.74, 6) is -0.949. The van der Waals surface area contributed by atoms with Crippen LogP contribution in [0, 0.1) is 5.82 Å². The molecule has 0 radical (unpaired) electrons. The first-order valence-corrected chi connectivity index (χ1v) is 6.69. The average Bonchev–Trinajstić information content (AvgIpc) is 2.44. The van der Waals surface area contributed by atoms with Crippen molar-refractivity contribution in [2.75, 3.05) is 20.3 Å². The van der Waals surface area contributed by atoms with Crippen LogP contribution in [0.25, 0.3) is 0 Å². The standard InChI is InChI=1S/C15H20FNO4/c1-10(18)13-9-12(16)5-6-14(13)21-11(2)15(19)17-7-4-8-20-3/h5-6,9,11H,4,7-8H2,1-3H3,(H,17,19). The summed E-state index contributed by atoms with van der Waals surface area (Å²) in [4.78, 5) is 23.3. The van der Waals surface area contributed by atoms with Crippen LogP contribution in [-0.2, 0) is 9.53 Å². The van der Waals surface area contributed by atoms with Gasteiger partial charge in [-0.25, -0.2) is 4.39 Å². The molecule has 0 heterocycles. The van der Waals surface area contributed by atoms with Crippen molar-refractivity contribution in [3.63, 3.8) is 0 Å². The third kappa shape index (κ3) is 5.51. The third-order valence-electron chi connectivity index (χ3n) is 2.82. The molecular weight excluding hydrogens is 277 g/mol. The van der Waals surface area contributed by atoms with Crippen molar-refractivity contribution in [2.45, 2.75) is 26.4 Å². The van der Waals surface area contributed by atoms with E-state index in [-0.39, 0.29) is 23.0 Å². The van der Waals surface area contributed by atoms with E-state index in [1.165, 1.54) is 19.1 Å². The smallest absolute Gasteiger partial charge is 0.260 e. The van der Waals surface area contributed by atoms with E-state index in [1.54, 1.807) is 14.0 Å². The molecule has 0 spiro atoms. The maximum Gasteiger partial charge on any atom is 0.260 e. The zero-order valence-corrected chi connectivity index (χ0v) is 12.4. The molecule has 21 heavy (non-hydrogen) atoms. The lowest BCUT2D eigenvalue weighted by Gasteiger charge is -2.16. The van der Waals surface area contributed by atoms with Gasteiger partial charge in [0, 0.05) is 20.3 Å². The van der Waals surface area contributed by atoms with Crippen LogP contribution in [-0.4, -0.2) is 38.1 Å². The van der Waals surface area contributed by atoms with Crippen molar-refractivity contribution in [3.8, 4) is 5.75 Å². The lowest BCUT2D eigenvalue weighted by atomic mass is 10.1. The molecule has 0 aliphatic heterocycles. The normalized spacial score (nSPS) is 11.8. The van der Waals surface area contributed by atoms with Gasteiger partial charge in [0.15, 0.2) is 11.9 Å². The van der Waals surface area contributed by atoms with Gasteiger partial charge in [-0.1, -0.05) is 0 Å². The van der Waals surface area contributed by atoms with E-state index in [4.69, 9.17) is 9.47 Å². The van der Waals surface area contributed by atoms with Crippen molar-refractivity contribution in [1.29, 1.82) is 0 Å². The Morgan fingerprint density at radius 3 is 2.71 bits per heavy atom. The highest BCUT2D eigenvalue weighted by atomic mass is 19.1. The summed E-state index contributed by atoms with van der Waals surface area (Å²) in [6.07, 6.45) is -0.0828. The summed E-state index contributed by atoms with van der Waals surface area (Å²) >= 11 is 0. The number of carbonyl (C=O) groups is 2. The molecule has 6 heteroatoms. The first-order chi connectivity index (χ1) is 9.95. The minimum atomic E-state index is -0.781. The van der Waals surface area contributed by atoms with E-state index in [0.717, 1.165) is 6.07 Å². The van der Waals surface area contributed by atoms with Gasteiger partial charge in [-0.05, 0) is 38.5 Å². The fourth-order valence-corrected chi connectivity index (χ4v) is 1.70. The number of ketones is 1. The molecule has 0 aliphatic carbocycles. The number of Topliss-reactive ketones (excluding diaryl/α,β-unsaturated/α-hetero) is 1. The first kappa shape index (κ1) is 17.1. The molecule has 5 nitrogen and oxygen atoms in total. The Labute approximate surface area is 123 Å². The van der Waals surface area contributed by atoms with Gasteiger partial charge in [0.05, 0.1) is 5.56 Å². The maximum atomic E-state index is 13.1. The molecule has 0 fully saturated rings. The van der Waals surface area contributed by atoms with Crippen molar-refractivity contribution in [1.82, 2.24) is 5.32 Å². The van der Waals surface area contributed by atoms with Gasteiger partial charge >= 0.3 is 0 Å². The summed E-state index contributed by atoms with van der Waals surface area (Å²) < 4.78 is 23.5. The Bertz CT molecular complexity index is 504. The fourth-order valence-electron chi connectivity index (χ4n) is 1.70. The third-order valence-corrected chi connectivity index (χ3v) is 2.82. The molecule has 1 amide bonds. The number of benzene rings is 1. The van der Waals surface area contributed by atoms with Gasteiger partial charge in [0.1, 0.15) is 11.6 Å². The minimum Gasteiger partial charge on any atom is -0.480 e. The fraction of sp³-hybridized carbons (Fsp3) is 0.467. The number of halogens is 1. The largest absolute Gasteiger partial charge is 0.480 e. The van der Waals surface area contributed by atoms with Crippen LogP contribution in [0.1, 0.15) is 30.6 Å². The lowest BCUT2D eigenvalue weighted by Crippen LogP contribution is -2.37. The molecule has 0 bridgehead atoms. The van der Waals surface area contributed by atoms with E-state index in [1.807, 2.05) is 0 Å². The molecule has 1 N–H and O–H groups in total. The molecule has 1 rings (SSSR count). The monoisotopic (exact) mass is 297 g/mol. The number of nitrogens with one attached hydrogen (secondary N) is 1. The topological polar surface area (TPSA) is 64.6 Å². The molecule has 1 unspecified atom stereocenters. The molecule has 0 saturated heterocycles. The Morgan fingerprint density at radius 1 is 1.38 bits per heavy atom. The highest BCUT2D eigenvalue weighted by Crippen LogP contribution is 2.21. The number of rotatable bonds is 8. The van der Waals surface area contributed by atoms with Crippen LogP contribution in [0.5, 0.6) is 5.75 Å². The van der Waals surface area contributed by atoms with E-state index in [2.05, 4.69) is 5.32 Å². The number of hydrogen-bond acceptors (Lipinski definition) is 4. The second kappa shape index (κ2) is 8.36. The van der Waals surface area contributed by atoms with E-state index in [0.29, 0.717) is 19.6 Å². The molecule has 0 aliphatic rings. The molecule has 1 aromatic rings. The highest BCUT2D eigenvalue weighted by Gasteiger charge is 2.17. The minimum absolute atomic E-state index is 0.119. The number of carbonyl (C=O) groups excluding carboxylic acids is 2. The van der Waals surface area contributed by atoms with Crippen LogP contribution in [0.3, 0.4) is 0 Å². The van der Waals surface area contributed by atoms with Crippen LogP contribution < -0.4 is 10.1 Å². The summed E-state index contributed by atoms with van der Waals surface area (Å²) in [7, 11) is 1.59. The van der Waals surface area contributed by atoms with Gasteiger partial charge in [-0.3, -0.25) is 9.59 Å². The Hall–Kier alpha value is -1.95. The zero-order chi connectivity index (χ0) is 15.8. The molecule has 0 saturated carbocycles. The predicted molar refractivity (Wildman–Crippen MR) is 76.0 cm³/mol. The second-order valence-electron chi connectivity index (χ2n) is 4.59. The number of ether oxygens (including phenoxy) is 2. The Morgan fingerprint density at radius 2 is 2.10 bits per heavy atom. The maximum absolute atomic E-state index is 13.1. The summed E-state index contributed by atoms with van der Waals surface area (Å²) in [6.45, 7) is 3.92. The van der Waals surface area contributed by atoms with Crippen LogP contribution in [0.15, 0.2) is 18.2 Å². The Kier molecular flexibility index (Phi) is 6.81. The quantitative estimate of drug-likeness (QED) is 0.588. The zero-order valence-electron chi connectivity index (χ0n) is 12.4. The number of amides is 1. The predicted octanol–water partition coefficient (Wildman–Crippen LogP) is 1.95. The van der Waals surface area contributed by atoms with Gasteiger partial charge < -0.3 is 14.8 Å². The second-order valence-corrected chi connectivity index (χ2v) is 4.59. The van der Waals surface area contributed by atoms with Gasteiger partial charge in [0.2, 0.25) is 0 Å². The molecule has 1 aromatic carbocycles. The van der Waals surface area contributed by atoms with Crippen molar-refractivity contribution < 1.29 is 23.5 Å². The highest BCUT2D eigenvalue weighted by molar-refractivity contribution is 5.97. The van der Waals surface area contributed by atoms with Crippen LogP contribution in [0.4, 0.5) is 4.39 Å². The van der Waals surface area contributed by atoms with Gasteiger partial charge in [0.25, 0.3) is 5.91 Å². The number of methoxy groups -OCH3 is 1. The average molecular weight is 297 g/mol. The van der Waals surface area contributed by atoms with Crippen molar-refractivity contribution >= 4 is 11.7 Å². The van der Waals surface area contributed by atoms with E-state index < -0.39 is 11.9 Å². The van der Waals surface area contributed by atoms with Crippen LogP contribution >= 0.6 is 0 Å². The van der Waals surface area contributed by atoms with Crippen LogP contribution in [0.2, 0.25) is 0 Å². The number of hydrogen-bond donors (Lipinski definition) is 1. The van der Waals surface area contributed by atoms with Crippen molar-refractivity contribution in [3.05, 3.63) is 29.6 Å². The Balaban J connectivity index is 2.63. The first-order valence-electron chi connectivity index (χ1n) is 6.69. The molecule has 1 atom stereocenters. The lowest BCUT2D eigenvalue weighted by molar-refractivity contribution is -0.127. The summed E-state index contributed by atoms with van der Waals surface area (Å²) in [5, 5.41) is 2.69. The van der Waals surface area contributed by atoms with E-state index >= 15 is 0 Å². The molecular formula is C15H20FNO4. The molecule has 0 aromatic heterocycles. The molecule has 116 valence electrons. The van der Waals surface area contributed by atoms with E-state index in [9.17, 15) is 14.0 Å². The van der Waals surface area contributed by atoms with Gasteiger partial charge in [-0.2, -0.15) is 0 Å². The summed E-state index contributed by atoms with van der Waals surface area (Å²) in [6, 6.07) is 3.63.